The van der Waals surface area contributed by atoms with Crippen LogP contribution in [0.25, 0.3) is 0 Å². The van der Waals surface area contributed by atoms with Gasteiger partial charge in [-0.15, -0.1) is 0 Å². The molecule has 1 atom stereocenters. The summed E-state index contributed by atoms with van der Waals surface area (Å²) < 4.78 is 6.35. The maximum Gasteiger partial charge on any atom is 0.354 e. The minimum atomic E-state index is -1.01. The molecule has 7 nitrogen and oxygen atoms in total. The highest BCUT2D eigenvalue weighted by Crippen LogP contribution is 2.35. The van der Waals surface area contributed by atoms with Gasteiger partial charge in [-0.05, 0) is 98.2 Å². The second kappa shape index (κ2) is 15.1. The fraction of sp³-hybridized carbons (Fsp3) is 0.472. The average Bonchev–Trinajstić information content (AvgIpc) is 3.04. The lowest BCUT2D eigenvalue weighted by atomic mass is 9.84. The topological polar surface area (TPSA) is 100.0 Å². The summed E-state index contributed by atoms with van der Waals surface area (Å²) in [5.74, 6) is -0.189. The molecule has 3 aromatic rings. The van der Waals surface area contributed by atoms with Crippen LogP contribution >= 0.6 is 0 Å². The van der Waals surface area contributed by atoms with E-state index in [-0.39, 0.29) is 18.2 Å². The van der Waals surface area contributed by atoms with Gasteiger partial charge in [0.1, 0.15) is 18.1 Å². The zero-order valence-corrected chi connectivity index (χ0v) is 25.0. The second-order valence-corrected chi connectivity index (χ2v) is 12.1. The fourth-order valence-electron chi connectivity index (χ4n) is 6.75. The lowest BCUT2D eigenvalue weighted by molar-refractivity contribution is -0.137. The van der Waals surface area contributed by atoms with Gasteiger partial charge in [-0.2, -0.15) is 0 Å². The Morgan fingerprint density at radius 1 is 0.860 bits per heavy atom. The maximum absolute atomic E-state index is 11.5. The SMILES string of the molecule is O=C(O)CCCCN(CCc1ccccc1OCc1ccc(C2CCCCC2)cc1)C1CCCc2nc(C(=O)O)ccc21. The third-order valence-electron chi connectivity index (χ3n) is 9.10. The molecular weight excluding hydrogens is 540 g/mol. The summed E-state index contributed by atoms with van der Waals surface area (Å²) in [7, 11) is 0. The van der Waals surface area contributed by atoms with Gasteiger partial charge in [0.25, 0.3) is 0 Å². The Balaban J connectivity index is 1.25. The van der Waals surface area contributed by atoms with Crippen molar-refractivity contribution >= 4 is 11.9 Å². The largest absolute Gasteiger partial charge is 0.489 e. The molecule has 1 unspecified atom stereocenters. The number of aryl methyl sites for hydroxylation is 1. The Morgan fingerprint density at radius 3 is 2.42 bits per heavy atom. The van der Waals surface area contributed by atoms with Gasteiger partial charge in [0.2, 0.25) is 0 Å². The first-order valence-corrected chi connectivity index (χ1v) is 16.0. The maximum atomic E-state index is 11.5. The van der Waals surface area contributed by atoms with Crippen LogP contribution in [-0.4, -0.2) is 45.1 Å². The van der Waals surface area contributed by atoms with Crippen molar-refractivity contribution < 1.29 is 24.5 Å². The first kappa shape index (κ1) is 30.7. The molecule has 5 rings (SSSR count). The minimum absolute atomic E-state index is 0.0853. The van der Waals surface area contributed by atoms with E-state index in [0.29, 0.717) is 18.9 Å². The number of ether oxygens (including phenoxy) is 1. The summed E-state index contributed by atoms with van der Waals surface area (Å²) in [5, 5.41) is 18.6. The Bertz CT molecular complexity index is 1370. The number of carboxylic acid groups (broad SMARTS) is 2. The molecule has 0 spiro atoms. The zero-order chi connectivity index (χ0) is 30.0. The van der Waals surface area contributed by atoms with Crippen LogP contribution in [0.1, 0.15) is 115 Å². The number of unbranched alkanes of at least 4 members (excludes halogenated alkanes) is 1. The molecule has 0 amide bonds. The van der Waals surface area contributed by atoms with E-state index in [9.17, 15) is 14.7 Å². The molecule has 7 heteroatoms. The monoisotopic (exact) mass is 584 g/mol. The standard InChI is InChI=1S/C36H44N2O5/c39-35(40)15-6-7-23-38(33-13-8-12-31-30(33)20-21-32(37-31)36(41)42)24-22-29-11-4-5-14-34(29)43-25-26-16-18-28(19-17-26)27-9-2-1-3-10-27/h4-5,11,14,16-21,27,33H,1-3,6-10,12-13,15,22-25H2,(H,39,40)(H,41,42). The minimum Gasteiger partial charge on any atom is -0.489 e. The van der Waals surface area contributed by atoms with Crippen LogP contribution in [0.4, 0.5) is 0 Å². The van der Waals surface area contributed by atoms with Crippen molar-refractivity contribution in [3.8, 4) is 5.75 Å². The number of rotatable bonds is 14. The number of hydrogen-bond acceptors (Lipinski definition) is 5. The van der Waals surface area contributed by atoms with E-state index >= 15 is 0 Å². The molecule has 1 aromatic heterocycles. The quantitative estimate of drug-likeness (QED) is 0.188. The summed E-state index contributed by atoms with van der Waals surface area (Å²) in [4.78, 5) is 29.5. The molecule has 1 heterocycles. The molecular formula is C36H44N2O5. The van der Waals surface area contributed by atoms with E-state index in [1.165, 1.54) is 43.2 Å². The number of fused-ring (bicyclic) bond motifs is 1. The van der Waals surface area contributed by atoms with Crippen molar-refractivity contribution in [3.05, 3.63) is 94.3 Å². The summed E-state index contributed by atoms with van der Waals surface area (Å²) in [6, 6.07) is 20.8. The van der Waals surface area contributed by atoms with Crippen molar-refractivity contribution in [2.75, 3.05) is 13.1 Å². The molecule has 2 aliphatic rings. The molecule has 0 bridgehead atoms. The van der Waals surface area contributed by atoms with Gasteiger partial charge in [0.15, 0.2) is 0 Å². The number of hydrogen-bond donors (Lipinski definition) is 2. The summed E-state index contributed by atoms with van der Waals surface area (Å²) in [6.07, 6.45) is 11.7. The van der Waals surface area contributed by atoms with Gasteiger partial charge in [-0.3, -0.25) is 9.69 Å². The molecule has 1 fully saturated rings. The second-order valence-electron chi connectivity index (χ2n) is 12.1. The van der Waals surface area contributed by atoms with Gasteiger partial charge in [-0.25, -0.2) is 9.78 Å². The molecule has 0 saturated heterocycles. The van der Waals surface area contributed by atoms with Crippen LogP contribution in [0.3, 0.4) is 0 Å². The summed E-state index contributed by atoms with van der Waals surface area (Å²) in [6.45, 7) is 2.08. The average molecular weight is 585 g/mol. The number of nitrogens with zero attached hydrogens (tertiary/aromatic N) is 2. The molecule has 2 aliphatic carbocycles. The number of carbonyl (C=O) groups is 2. The van der Waals surface area contributed by atoms with E-state index in [0.717, 1.165) is 67.8 Å². The van der Waals surface area contributed by atoms with E-state index in [4.69, 9.17) is 9.84 Å². The van der Waals surface area contributed by atoms with Crippen LogP contribution in [0.15, 0.2) is 60.7 Å². The van der Waals surface area contributed by atoms with Gasteiger partial charge in [-0.1, -0.05) is 67.8 Å². The number of aromatic nitrogens is 1. The van der Waals surface area contributed by atoms with Crippen molar-refractivity contribution in [2.24, 2.45) is 0 Å². The van der Waals surface area contributed by atoms with E-state index in [1.807, 2.05) is 24.3 Å². The molecule has 43 heavy (non-hydrogen) atoms. The predicted octanol–water partition coefficient (Wildman–Crippen LogP) is 7.58. The predicted molar refractivity (Wildman–Crippen MR) is 167 cm³/mol. The zero-order valence-electron chi connectivity index (χ0n) is 25.0. The number of aliphatic carboxylic acids is 1. The molecule has 2 N–H and O–H groups in total. The first-order chi connectivity index (χ1) is 21.0. The normalized spacial score (nSPS) is 17.0. The van der Waals surface area contributed by atoms with Gasteiger partial charge in [0, 0.05) is 24.7 Å². The van der Waals surface area contributed by atoms with Gasteiger partial charge >= 0.3 is 11.9 Å². The van der Waals surface area contributed by atoms with Gasteiger partial charge in [0.05, 0.1) is 0 Å². The number of aromatic carboxylic acids is 1. The van der Waals surface area contributed by atoms with Crippen LogP contribution in [0.2, 0.25) is 0 Å². The third kappa shape index (κ3) is 8.44. The highest BCUT2D eigenvalue weighted by atomic mass is 16.5. The van der Waals surface area contributed by atoms with Crippen LogP contribution in [0.5, 0.6) is 5.75 Å². The number of benzene rings is 2. The molecule has 0 radical (unpaired) electrons. The van der Waals surface area contributed by atoms with Crippen molar-refractivity contribution in [2.45, 2.75) is 95.6 Å². The highest BCUT2D eigenvalue weighted by Gasteiger charge is 2.27. The smallest absolute Gasteiger partial charge is 0.354 e. The fourth-order valence-corrected chi connectivity index (χ4v) is 6.75. The number of para-hydroxylation sites is 1. The molecule has 0 aliphatic heterocycles. The summed E-state index contributed by atoms with van der Waals surface area (Å²) in [5.41, 5.74) is 5.81. The van der Waals surface area contributed by atoms with Crippen LogP contribution in [0, 0.1) is 0 Å². The lowest BCUT2D eigenvalue weighted by Gasteiger charge is -2.36. The van der Waals surface area contributed by atoms with Crippen molar-refractivity contribution in [3.63, 3.8) is 0 Å². The Morgan fingerprint density at radius 2 is 1.65 bits per heavy atom. The molecule has 1 saturated carbocycles. The third-order valence-corrected chi connectivity index (χ3v) is 9.10. The number of carboxylic acids is 2. The van der Waals surface area contributed by atoms with Crippen molar-refractivity contribution in [1.29, 1.82) is 0 Å². The van der Waals surface area contributed by atoms with Crippen molar-refractivity contribution in [1.82, 2.24) is 9.88 Å². The highest BCUT2D eigenvalue weighted by molar-refractivity contribution is 5.85. The Kier molecular flexibility index (Phi) is 10.8. The van der Waals surface area contributed by atoms with E-state index in [2.05, 4.69) is 40.2 Å². The molecule has 228 valence electrons. The van der Waals surface area contributed by atoms with E-state index in [1.54, 1.807) is 6.07 Å². The number of pyridine rings is 1. The van der Waals surface area contributed by atoms with Crippen LogP contribution < -0.4 is 4.74 Å². The lowest BCUT2D eigenvalue weighted by Crippen LogP contribution is -2.34. The Hall–Kier alpha value is -3.71. The van der Waals surface area contributed by atoms with E-state index < -0.39 is 11.9 Å². The van der Waals surface area contributed by atoms with Gasteiger partial charge < -0.3 is 14.9 Å². The molecule has 2 aromatic carbocycles. The summed E-state index contributed by atoms with van der Waals surface area (Å²) >= 11 is 0. The Labute approximate surface area is 254 Å². The van der Waals surface area contributed by atoms with Crippen LogP contribution in [-0.2, 0) is 24.2 Å². The first-order valence-electron chi connectivity index (χ1n) is 16.0.